The Morgan fingerprint density at radius 1 is 1.09 bits per heavy atom. The summed E-state index contributed by atoms with van der Waals surface area (Å²) in [6.45, 7) is 22.6. The lowest BCUT2D eigenvalue weighted by Crippen LogP contribution is -2.38. The van der Waals surface area contributed by atoms with Gasteiger partial charge in [0.2, 0.25) is 0 Å². The van der Waals surface area contributed by atoms with E-state index in [1.165, 1.54) is 25.8 Å². The molecule has 0 amide bonds. The molecule has 1 N–H and O–H groups in total. The zero-order valence-electron chi connectivity index (χ0n) is 21.0. The van der Waals surface area contributed by atoms with Gasteiger partial charge in [0.15, 0.2) is 0 Å². The van der Waals surface area contributed by atoms with Gasteiger partial charge in [-0.15, -0.1) is 0 Å². The Bertz CT molecular complexity index is 811. The summed E-state index contributed by atoms with van der Waals surface area (Å²) in [6.07, 6.45) is 5.21. The van der Waals surface area contributed by atoms with E-state index in [1.54, 1.807) is 27.7 Å². The van der Waals surface area contributed by atoms with Gasteiger partial charge in [-0.1, -0.05) is 40.0 Å². The Morgan fingerprint density at radius 2 is 1.66 bits per heavy atom. The van der Waals surface area contributed by atoms with Crippen molar-refractivity contribution < 1.29 is 29.0 Å². The number of fused-ring (bicyclic) bond motifs is 2. The van der Waals surface area contributed by atoms with Crippen LogP contribution in [0.25, 0.3) is 0 Å². The molecular formula is C26H40O6. The third-order valence-electron chi connectivity index (χ3n) is 6.99. The third-order valence-corrected chi connectivity index (χ3v) is 6.99. The largest absolute Gasteiger partial charge is 0.478 e. The van der Waals surface area contributed by atoms with Crippen molar-refractivity contribution in [2.45, 2.75) is 92.8 Å². The first-order valence-electron chi connectivity index (χ1n) is 11.1. The van der Waals surface area contributed by atoms with Crippen LogP contribution < -0.4 is 0 Å². The molecule has 180 valence electrons. The molecule has 0 aliphatic heterocycles. The lowest BCUT2D eigenvalue weighted by atomic mass is 9.70. The minimum Gasteiger partial charge on any atom is -0.478 e. The van der Waals surface area contributed by atoms with E-state index in [9.17, 15) is 14.4 Å². The van der Waals surface area contributed by atoms with Crippen molar-refractivity contribution in [1.29, 1.82) is 0 Å². The predicted octanol–water partition coefficient (Wildman–Crippen LogP) is 5.63. The summed E-state index contributed by atoms with van der Waals surface area (Å²) in [4.78, 5) is 33.5. The van der Waals surface area contributed by atoms with Gasteiger partial charge < -0.3 is 14.6 Å². The van der Waals surface area contributed by atoms with E-state index in [2.05, 4.69) is 33.9 Å². The lowest BCUT2D eigenvalue weighted by molar-refractivity contribution is -0.152. The normalized spacial score (nSPS) is 25.9. The number of rotatable bonds is 6. The van der Waals surface area contributed by atoms with Gasteiger partial charge in [-0.05, 0) is 71.6 Å². The molecule has 3 atom stereocenters. The van der Waals surface area contributed by atoms with E-state index >= 15 is 0 Å². The molecule has 2 saturated carbocycles. The highest BCUT2D eigenvalue weighted by molar-refractivity contribution is 5.89. The maximum atomic E-state index is 11.6. The van der Waals surface area contributed by atoms with E-state index in [1.807, 2.05) is 0 Å². The number of aliphatic carboxylic acids is 1. The van der Waals surface area contributed by atoms with Crippen LogP contribution in [0, 0.1) is 16.7 Å². The SMILES string of the molecule is C=C(C)C(=O)OC1CC2CCC1(C)C2(C)C.C=C(CC=C(C)C(=O)O)C(=O)OC(C)(C)C. The maximum absolute atomic E-state index is 11.6. The van der Waals surface area contributed by atoms with E-state index in [0.29, 0.717) is 16.9 Å². The maximum Gasteiger partial charge on any atom is 0.334 e. The van der Waals surface area contributed by atoms with Gasteiger partial charge in [-0.3, -0.25) is 0 Å². The average Bonchev–Trinajstić information content (AvgIpc) is 2.98. The number of hydrogen-bond donors (Lipinski definition) is 1. The fourth-order valence-corrected chi connectivity index (χ4v) is 4.34. The van der Waals surface area contributed by atoms with Crippen LogP contribution in [0.2, 0.25) is 0 Å². The monoisotopic (exact) mass is 448 g/mol. The number of allylic oxidation sites excluding steroid dienone is 1. The highest BCUT2D eigenvalue weighted by atomic mass is 16.6. The fourth-order valence-electron chi connectivity index (χ4n) is 4.34. The second kappa shape index (κ2) is 10.1. The van der Waals surface area contributed by atoms with Crippen LogP contribution in [0.15, 0.2) is 36.0 Å². The molecule has 6 nitrogen and oxygen atoms in total. The lowest BCUT2D eigenvalue weighted by Gasteiger charge is -2.38. The molecule has 2 bridgehead atoms. The van der Waals surface area contributed by atoms with E-state index in [0.717, 1.165) is 6.42 Å². The predicted molar refractivity (Wildman–Crippen MR) is 125 cm³/mol. The van der Waals surface area contributed by atoms with Crippen molar-refractivity contribution in [3.05, 3.63) is 36.0 Å². The second-order valence-electron chi connectivity index (χ2n) is 10.8. The number of esters is 2. The zero-order valence-corrected chi connectivity index (χ0v) is 21.0. The summed E-state index contributed by atoms with van der Waals surface area (Å²) in [7, 11) is 0. The third kappa shape index (κ3) is 6.57. The number of ether oxygens (including phenoxy) is 2. The molecule has 0 aromatic heterocycles. The van der Waals surface area contributed by atoms with Crippen LogP contribution in [-0.4, -0.2) is 34.7 Å². The van der Waals surface area contributed by atoms with Gasteiger partial charge in [0.1, 0.15) is 11.7 Å². The summed E-state index contributed by atoms with van der Waals surface area (Å²) in [5.74, 6) is -1.02. The molecule has 2 fully saturated rings. The fraction of sp³-hybridized carbons (Fsp3) is 0.654. The average molecular weight is 449 g/mol. The highest BCUT2D eigenvalue weighted by Crippen LogP contribution is 2.66. The summed E-state index contributed by atoms with van der Waals surface area (Å²) < 4.78 is 10.7. The molecule has 2 aliphatic carbocycles. The molecule has 2 rings (SSSR count). The molecule has 0 saturated heterocycles. The Hall–Kier alpha value is -2.37. The van der Waals surface area contributed by atoms with Crippen molar-refractivity contribution in [2.24, 2.45) is 16.7 Å². The quantitative estimate of drug-likeness (QED) is 0.419. The first-order chi connectivity index (χ1) is 14.4. The number of carboxylic acids is 1. The number of hydrogen-bond acceptors (Lipinski definition) is 5. The molecule has 0 aromatic rings. The Labute approximate surface area is 192 Å². The van der Waals surface area contributed by atoms with Crippen LogP contribution in [-0.2, 0) is 23.9 Å². The molecule has 0 aromatic carbocycles. The Kier molecular flexibility index (Phi) is 8.69. The number of carboxylic acid groups (broad SMARTS) is 1. The van der Waals surface area contributed by atoms with Crippen LogP contribution in [0.5, 0.6) is 0 Å². The summed E-state index contributed by atoms with van der Waals surface area (Å²) in [5, 5.41) is 8.61. The van der Waals surface area contributed by atoms with Gasteiger partial charge in [0.25, 0.3) is 0 Å². The van der Waals surface area contributed by atoms with Crippen molar-refractivity contribution >= 4 is 17.9 Å². The van der Waals surface area contributed by atoms with Gasteiger partial charge in [-0.25, -0.2) is 14.4 Å². The van der Waals surface area contributed by atoms with Crippen molar-refractivity contribution in [3.8, 4) is 0 Å². The smallest absolute Gasteiger partial charge is 0.334 e. The number of carbonyl (C=O) groups is 3. The van der Waals surface area contributed by atoms with Crippen LogP contribution in [0.1, 0.15) is 81.1 Å². The van der Waals surface area contributed by atoms with E-state index in [4.69, 9.17) is 14.6 Å². The second-order valence-corrected chi connectivity index (χ2v) is 10.8. The summed E-state index contributed by atoms with van der Waals surface area (Å²) >= 11 is 0. The first-order valence-corrected chi connectivity index (χ1v) is 11.1. The van der Waals surface area contributed by atoms with E-state index in [-0.39, 0.29) is 35.1 Å². The van der Waals surface area contributed by atoms with Crippen molar-refractivity contribution in [2.75, 3.05) is 0 Å². The molecule has 2 aliphatic rings. The van der Waals surface area contributed by atoms with Crippen LogP contribution >= 0.6 is 0 Å². The van der Waals surface area contributed by atoms with Gasteiger partial charge in [0.05, 0.1) is 0 Å². The number of carbonyl (C=O) groups excluding carboxylic acids is 2. The van der Waals surface area contributed by atoms with Crippen molar-refractivity contribution in [1.82, 2.24) is 0 Å². The molecule has 6 heteroatoms. The minimum atomic E-state index is -1.00. The topological polar surface area (TPSA) is 89.9 Å². The van der Waals surface area contributed by atoms with E-state index < -0.39 is 17.5 Å². The Balaban J connectivity index is 0.000000320. The molecule has 0 heterocycles. The highest BCUT2D eigenvalue weighted by Gasteiger charge is 2.62. The summed E-state index contributed by atoms with van der Waals surface area (Å²) in [5.41, 5.74) is 0.825. The zero-order chi connectivity index (χ0) is 25.1. The molecule has 32 heavy (non-hydrogen) atoms. The minimum absolute atomic E-state index is 0.0884. The summed E-state index contributed by atoms with van der Waals surface area (Å²) in [6, 6.07) is 0. The van der Waals surface area contributed by atoms with Crippen LogP contribution in [0.4, 0.5) is 0 Å². The Morgan fingerprint density at radius 3 is 2.03 bits per heavy atom. The van der Waals surface area contributed by atoms with Gasteiger partial charge in [-0.2, -0.15) is 0 Å². The molecule has 3 unspecified atom stereocenters. The first kappa shape index (κ1) is 27.7. The molecular weight excluding hydrogens is 408 g/mol. The van der Waals surface area contributed by atoms with Crippen molar-refractivity contribution in [3.63, 3.8) is 0 Å². The van der Waals surface area contributed by atoms with Gasteiger partial charge in [0, 0.05) is 22.1 Å². The standard InChI is InChI=1S/C14H22O2.C12H18O4/c1-9(2)12(15)16-11-8-10-6-7-14(11,5)13(10,3)4;1-8(10(13)14)6-7-9(2)11(15)16-12(3,4)5/h10-11H,1,6-8H2,2-5H3;6H,2,7H2,1,3-5H3,(H,13,14). The molecule has 0 spiro atoms. The van der Waals surface area contributed by atoms with Crippen LogP contribution in [0.3, 0.4) is 0 Å². The van der Waals surface area contributed by atoms with Gasteiger partial charge >= 0.3 is 17.9 Å². The molecule has 0 radical (unpaired) electrons.